The van der Waals surface area contributed by atoms with Gasteiger partial charge in [-0.15, -0.1) is 11.8 Å². The molecule has 23 heavy (non-hydrogen) atoms. The molecule has 2 aromatic carbocycles. The van der Waals surface area contributed by atoms with Crippen LogP contribution in [0, 0.1) is 0 Å². The average molecular weight is 325 g/mol. The van der Waals surface area contributed by atoms with E-state index in [1.165, 1.54) is 11.0 Å². The second-order valence-corrected chi connectivity index (χ2v) is 6.46. The van der Waals surface area contributed by atoms with Gasteiger partial charge in [0.1, 0.15) is 5.75 Å². The van der Waals surface area contributed by atoms with E-state index in [-0.39, 0.29) is 5.56 Å². The highest BCUT2D eigenvalue weighted by molar-refractivity contribution is 7.99. The Balaban J connectivity index is 1.43. The third kappa shape index (κ3) is 4.63. The van der Waals surface area contributed by atoms with Crippen molar-refractivity contribution in [3.05, 3.63) is 71.0 Å². The van der Waals surface area contributed by atoms with Gasteiger partial charge < -0.3 is 9.72 Å². The fourth-order valence-corrected chi connectivity index (χ4v) is 3.25. The Morgan fingerprint density at radius 2 is 1.78 bits per heavy atom. The quantitative estimate of drug-likeness (QED) is 0.514. The molecule has 0 saturated carbocycles. The van der Waals surface area contributed by atoms with Gasteiger partial charge in [-0.05, 0) is 54.3 Å². The number of ether oxygens (including phenoxy) is 1. The third-order valence-electron chi connectivity index (χ3n) is 3.52. The Bertz CT molecular complexity index is 814. The Kier molecular flexibility index (Phi) is 5.37. The maximum Gasteiger partial charge on any atom is 0.248 e. The summed E-state index contributed by atoms with van der Waals surface area (Å²) in [7, 11) is 0. The van der Waals surface area contributed by atoms with E-state index in [0.717, 1.165) is 35.2 Å². The molecule has 4 heteroatoms. The van der Waals surface area contributed by atoms with Crippen molar-refractivity contribution in [3.8, 4) is 5.75 Å². The number of fused-ring (bicyclic) bond motifs is 1. The molecule has 0 aliphatic rings. The molecule has 1 N–H and O–H groups in total. The zero-order chi connectivity index (χ0) is 15.9. The number of hydrogen-bond acceptors (Lipinski definition) is 3. The first kappa shape index (κ1) is 15.7. The lowest BCUT2D eigenvalue weighted by Gasteiger charge is -2.07. The molecule has 3 rings (SSSR count). The van der Waals surface area contributed by atoms with Crippen LogP contribution in [0.3, 0.4) is 0 Å². The summed E-state index contributed by atoms with van der Waals surface area (Å²) in [4.78, 5) is 15.5. The number of aromatic nitrogens is 1. The average Bonchev–Trinajstić information content (AvgIpc) is 2.58. The third-order valence-corrected chi connectivity index (χ3v) is 4.61. The van der Waals surface area contributed by atoms with Crippen LogP contribution >= 0.6 is 11.8 Å². The molecule has 0 aliphatic carbocycles. The Morgan fingerprint density at radius 1 is 0.957 bits per heavy atom. The van der Waals surface area contributed by atoms with Gasteiger partial charge in [-0.25, -0.2) is 0 Å². The summed E-state index contributed by atoms with van der Waals surface area (Å²) in [5.41, 5.74) is 0.724. The van der Waals surface area contributed by atoms with E-state index in [1.807, 2.05) is 42.1 Å². The SMILES string of the molecule is O=c1ccc2ccc(OCCCCSc3ccccc3)cc2[nH]1. The van der Waals surface area contributed by atoms with Crippen LogP contribution in [-0.2, 0) is 0 Å². The fraction of sp³-hybridized carbons (Fsp3) is 0.211. The predicted molar refractivity (Wildman–Crippen MR) is 96.5 cm³/mol. The molecule has 0 amide bonds. The van der Waals surface area contributed by atoms with E-state index >= 15 is 0 Å². The first-order valence-electron chi connectivity index (χ1n) is 7.75. The van der Waals surface area contributed by atoms with Gasteiger partial charge >= 0.3 is 0 Å². The topological polar surface area (TPSA) is 42.1 Å². The van der Waals surface area contributed by atoms with E-state index in [0.29, 0.717) is 6.61 Å². The van der Waals surface area contributed by atoms with Crippen LogP contribution in [0.1, 0.15) is 12.8 Å². The van der Waals surface area contributed by atoms with Crippen molar-refractivity contribution in [3.63, 3.8) is 0 Å². The van der Waals surface area contributed by atoms with Crippen LogP contribution in [0.4, 0.5) is 0 Å². The van der Waals surface area contributed by atoms with Crippen molar-refractivity contribution in [2.45, 2.75) is 17.7 Å². The first-order valence-corrected chi connectivity index (χ1v) is 8.73. The molecule has 0 atom stereocenters. The molecule has 3 nitrogen and oxygen atoms in total. The van der Waals surface area contributed by atoms with E-state index < -0.39 is 0 Å². The number of hydrogen-bond donors (Lipinski definition) is 1. The van der Waals surface area contributed by atoms with E-state index in [9.17, 15) is 4.79 Å². The van der Waals surface area contributed by atoms with Gasteiger partial charge in [0.05, 0.1) is 12.1 Å². The highest BCUT2D eigenvalue weighted by atomic mass is 32.2. The van der Waals surface area contributed by atoms with Crippen molar-refractivity contribution in [1.82, 2.24) is 4.98 Å². The largest absolute Gasteiger partial charge is 0.494 e. The molecule has 0 spiro atoms. The molecule has 3 aromatic rings. The minimum absolute atomic E-state index is 0.0902. The van der Waals surface area contributed by atoms with Gasteiger partial charge in [-0.1, -0.05) is 18.2 Å². The highest BCUT2D eigenvalue weighted by Crippen LogP contribution is 2.20. The minimum atomic E-state index is -0.0902. The maximum absolute atomic E-state index is 11.3. The lowest BCUT2D eigenvalue weighted by molar-refractivity contribution is 0.310. The second kappa shape index (κ2) is 7.88. The molecule has 0 saturated heterocycles. The van der Waals surface area contributed by atoms with Crippen molar-refractivity contribution in [2.75, 3.05) is 12.4 Å². The Hall–Kier alpha value is -2.20. The zero-order valence-electron chi connectivity index (χ0n) is 12.8. The summed E-state index contributed by atoms with van der Waals surface area (Å²) >= 11 is 1.87. The molecule has 0 fully saturated rings. The van der Waals surface area contributed by atoms with E-state index in [2.05, 4.69) is 29.2 Å². The Morgan fingerprint density at radius 3 is 2.65 bits per heavy atom. The first-order chi connectivity index (χ1) is 11.3. The van der Waals surface area contributed by atoms with Gasteiger partial charge in [-0.2, -0.15) is 0 Å². The fourth-order valence-electron chi connectivity index (χ4n) is 2.32. The molecule has 0 unspecified atom stereocenters. The van der Waals surface area contributed by atoms with Gasteiger partial charge in [0.25, 0.3) is 0 Å². The van der Waals surface area contributed by atoms with Crippen LogP contribution in [0.15, 0.2) is 70.4 Å². The van der Waals surface area contributed by atoms with E-state index in [4.69, 9.17) is 4.74 Å². The summed E-state index contributed by atoms with van der Waals surface area (Å²) < 4.78 is 5.77. The number of aromatic amines is 1. The van der Waals surface area contributed by atoms with Gasteiger partial charge in [0, 0.05) is 17.0 Å². The maximum atomic E-state index is 11.3. The van der Waals surface area contributed by atoms with Crippen molar-refractivity contribution < 1.29 is 4.74 Å². The van der Waals surface area contributed by atoms with Gasteiger partial charge in [-0.3, -0.25) is 4.79 Å². The van der Waals surface area contributed by atoms with Crippen LogP contribution < -0.4 is 10.3 Å². The summed E-state index contributed by atoms with van der Waals surface area (Å²) in [6.45, 7) is 0.692. The molecule has 1 heterocycles. The van der Waals surface area contributed by atoms with E-state index in [1.54, 1.807) is 0 Å². The molecular weight excluding hydrogens is 306 g/mol. The molecule has 0 aliphatic heterocycles. The second-order valence-electron chi connectivity index (χ2n) is 5.29. The molecule has 0 radical (unpaired) electrons. The number of rotatable bonds is 7. The highest BCUT2D eigenvalue weighted by Gasteiger charge is 1.99. The standard InChI is InChI=1S/C19H19NO2S/c21-19-11-9-15-8-10-16(14-18(15)20-19)22-12-4-5-13-23-17-6-2-1-3-7-17/h1-3,6-11,14H,4-5,12-13H2,(H,20,21). The monoisotopic (exact) mass is 325 g/mol. The van der Waals surface area contributed by atoms with Crippen LogP contribution in [-0.4, -0.2) is 17.3 Å². The predicted octanol–water partition coefficient (Wildman–Crippen LogP) is 4.48. The van der Waals surface area contributed by atoms with Crippen molar-refractivity contribution >= 4 is 22.7 Å². The van der Waals surface area contributed by atoms with Gasteiger partial charge in [0.15, 0.2) is 0 Å². The normalized spacial score (nSPS) is 10.8. The Labute approximate surface area is 139 Å². The number of thioether (sulfide) groups is 1. The number of nitrogens with one attached hydrogen (secondary N) is 1. The smallest absolute Gasteiger partial charge is 0.248 e. The number of unbranched alkanes of at least 4 members (excludes halogenated alkanes) is 1. The molecule has 0 bridgehead atoms. The number of H-pyrrole nitrogens is 1. The summed E-state index contributed by atoms with van der Waals surface area (Å²) in [5.74, 6) is 1.90. The summed E-state index contributed by atoms with van der Waals surface area (Å²) in [6.07, 6.45) is 2.13. The van der Waals surface area contributed by atoms with Crippen LogP contribution in [0.2, 0.25) is 0 Å². The van der Waals surface area contributed by atoms with Crippen LogP contribution in [0.5, 0.6) is 5.75 Å². The summed E-state index contributed by atoms with van der Waals surface area (Å²) in [5, 5.41) is 1.01. The zero-order valence-corrected chi connectivity index (χ0v) is 13.6. The van der Waals surface area contributed by atoms with Crippen LogP contribution in [0.25, 0.3) is 10.9 Å². The lowest BCUT2D eigenvalue weighted by Crippen LogP contribution is -2.03. The van der Waals surface area contributed by atoms with Crippen molar-refractivity contribution in [1.29, 1.82) is 0 Å². The lowest BCUT2D eigenvalue weighted by atomic mass is 10.2. The van der Waals surface area contributed by atoms with Crippen molar-refractivity contribution in [2.24, 2.45) is 0 Å². The van der Waals surface area contributed by atoms with Gasteiger partial charge in [0.2, 0.25) is 5.56 Å². The minimum Gasteiger partial charge on any atom is -0.494 e. The molecule has 118 valence electrons. The number of pyridine rings is 1. The molecule has 1 aromatic heterocycles. The summed E-state index contributed by atoms with van der Waals surface area (Å²) in [6, 6.07) is 19.6. The molecular formula is C19H19NO2S. The number of benzene rings is 2.